The smallest absolute Gasteiger partial charge is 0.101 e. The van der Waals surface area contributed by atoms with Crippen LogP contribution in [-0.4, -0.2) is 32.0 Å². The van der Waals surface area contributed by atoms with E-state index in [4.69, 9.17) is 20.5 Å². The highest BCUT2D eigenvalue weighted by molar-refractivity contribution is 5.00. The van der Waals surface area contributed by atoms with Gasteiger partial charge in [-0.05, 0) is 26.2 Å². The monoisotopic (exact) mass is 212 g/mol. The van der Waals surface area contributed by atoms with Gasteiger partial charge in [0, 0.05) is 19.1 Å². The van der Waals surface area contributed by atoms with Crippen LogP contribution in [0.5, 0.6) is 0 Å². The van der Waals surface area contributed by atoms with Crippen molar-refractivity contribution < 1.29 is 9.47 Å². The van der Waals surface area contributed by atoms with Gasteiger partial charge < -0.3 is 15.2 Å². The van der Waals surface area contributed by atoms with Crippen LogP contribution in [0.15, 0.2) is 0 Å². The summed E-state index contributed by atoms with van der Waals surface area (Å²) in [5.74, 6) is 0.560. The molecule has 0 saturated carbocycles. The zero-order valence-corrected chi connectivity index (χ0v) is 9.37. The molecule has 0 radical (unpaired) electrons. The first-order valence-corrected chi connectivity index (χ1v) is 5.50. The van der Waals surface area contributed by atoms with Gasteiger partial charge in [0.05, 0.1) is 19.3 Å². The van der Waals surface area contributed by atoms with Gasteiger partial charge in [-0.1, -0.05) is 0 Å². The van der Waals surface area contributed by atoms with E-state index in [0.717, 1.165) is 32.7 Å². The first-order chi connectivity index (χ1) is 7.14. The Labute approximate surface area is 91.3 Å². The predicted molar refractivity (Wildman–Crippen MR) is 57.2 cm³/mol. The van der Waals surface area contributed by atoms with E-state index in [2.05, 4.69) is 6.07 Å². The second kappa shape index (κ2) is 6.06. The van der Waals surface area contributed by atoms with Crippen molar-refractivity contribution in [2.45, 2.75) is 31.7 Å². The largest absolute Gasteiger partial charge is 0.381 e. The van der Waals surface area contributed by atoms with Crippen LogP contribution in [0.25, 0.3) is 0 Å². The number of nitrogens with two attached hydrogens (primary N) is 1. The van der Waals surface area contributed by atoms with Crippen LogP contribution in [0.2, 0.25) is 0 Å². The average Bonchev–Trinajstić information content (AvgIpc) is 2.70. The Morgan fingerprint density at radius 1 is 1.67 bits per heavy atom. The SMILES string of the molecule is CC(N)(C#N)CCCOCC1CCOC1. The molecule has 1 saturated heterocycles. The Kier molecular flexibility index (Phi) is 5.03. The average molecular weight is 212 g/mol. The Balaban J connectivity index is 1.95. The van der Waals surface area contributed by atoms with Gasteiger partial charge in [-0.25, -0.2) is 0 Å². The van der Waals surface area contributed by atoms with E-state index in [1.165, 1.54) is 0 Å². The third-order valence-electron chi connectivity index (χ3n) is 2.62. The molecular weight excluding hydrogens is 192 g/mol. The summed E-state index contributed by atoms with van der Waals surface area (Å²) in [6.45, 7) is 4.90. The second-order valence-corrected chi connectivity index (χ2v) is 4.44. The molecule has 4 heteroatoms. The Morgan fingerprint density at radius 3 is 3.07 bits per heavy atom. The van der Waals surface area contributed by atoms with Crippen LogP contribution in [0.4, 0.5) is 0 Å². The lowest BCUT2D eigenvalue weighted by Crippen LogP contribution is -2.34. The van der Waals surface area contributed by atoms with E-state index in [0.29, 0.717) is 18.9 Å². The number of nitrogens with zero attached hydrogens (tertiary/aromatic N) is 1. The third-order valence-corrected chi connectivity index (χ3v) is 2.62. The maximum atomic E-state index is 8.69. The first-order valence-electron chi connectivity index (χ1n) is 5.50. The molecule has 0 aromatic rings. The fraction of sp³-hybridized carbons (Fsp3) is 0.909. The highest BCUT2D eigenvalue weighted by Gasteiger charge is 2.17. The van der Waals surface area contributed by atoms with E-state index in [-0.39, 0.29) is 0 Å². The van der Waals surface area contributed by atoms with E-state index in [1.54, 1.807) is 6.92 Å². The molecule has 86 valence electrons. The maximum Gasteiger partial charge on any atom is 0.101 e. The van der Waals surface area contributed by atoms with Gasteiger partial charge in [-0.3, -0.25) is 0 Å². The summed E-state index contributed by atoms with van der Waals surface area (Å²) >= 11 is 0. The van der Waals surface area contributed by atoms with Crippen molar-refractivity contribution in [3.8, 4) is 6.07 Å². The third kappa shape index (κ3) is 5.12. The molecular formula is C11H20N2O2. The molecule has 2 N–H and O–H groups in total. The Bertz CT molecular complexity index is 217. The number of ether oxygens (including phenoxy) is 2. The quantitative estimate of drug-likeness (QED) is 0.668. The fourth-order valence-electron chi connectivity index (χ4n) is 1.56. The van der Waals surface area contributed by atoms with Gasteiger partial charge in [0.25, 0.3) is 0 Å². The molecule has 1 fully saturated rings. The lowest BCUT2D eigenvalue weighted by molar-refractivity contribution is 0.0858. The summed E-state index contributed by atoms with van der Waals surface area (Å²) in [7, 11) is 0. The molecule has 1 aliphatic rings. The zero-order chi connectivity index (χ0) is 11.1. The minimum Gasteiger partial charge on any atom is -0.381 e. The molecule has 0 aromatic carbocycles. The minimum atomic E-state index is -0.709. The summed E-state index contributed by atoms with van der Waals surface area (Å²) in [6, 6.07) is 2.08. The molecule has 0 spiro atoms. The van der Waals surface area contributed by atoms with Gasteiger partial charge >= 0.3 is 0 Å². The van der Waals surface area contributed by atoms with Crippen molar-refractivity contribution in [2.75, 3.05) is 26.4 Å². The normalized spacial score (nSPS) is 24.7. The summed E-state index contributed by atoms with van der Waals surface area (Å²) < 4.78 is 10.8. The number of hydrogen-bond acceptors (Lipinski definition) is 4. The number of rotatable bonds is 6. The molecule has 1 rings (SSSR count). The first kappa shape index (κ1) is 12.4. The minimum absolute atomic E-state index is 0.560. The van der Waals surface area contributed by atoms with E-state index < -0.39 is 5.54 Å². The highest BCUT2D eigenvalue weighted by Crippen LogP contribution is 2.13. The molecule has 2 unspecified atom stereocenters. The molecule has 1 heterocycles. The summed E-state index contributed by atoms with van der Waals surface area (Å²) in [4.78, 5) is 0. The predicted octanol–water partition coefficient (Wildman–Crippen LogP) is 1.06. The number of hydrogen-bond donors (Lipinski definition) is 1. The maximum absolute atomic E-state index is 8.69. The van der Waals surface area contributed by atoms with Crippen molar-refractivity contribution in [3.63, 3.8) is 0 Å². The Morgan fingerprint density at radius 2 is 2.47 bits per heavy atom. The van der Waals surface area contributed by atoms with Crippen LogP contribution in [0.1, 0.15) is 26.2 Å². The molecule has 4 nitrogen and oxygen atoms in total. The van der Waals surface area contributed by atoms with Crippen molar-refractivity contribution >= 4 is 0 Å². The van der Waals surface area contributed by atoms with Crippen molar-refractivity contribution in [1.29, 1.82) is 5.26 Å². The summed E-state index contributed by atoms with van der Waals surface area (Å²) in [5.41, 5.74) is 4.98. The van der Waals surface area contributed by atoms with Crippen LogP contribution in [-0.2, 0) is 9.47 Å². The van der Waals surface area contributed by atoms with E-state index >= 15 is 0 Å². The lowest BCUT2D eigenvalue weighted by Gasteiger charge is -2.15. The molecule has 1 aliphatic heterocycles. The molecule has 2 atom stereocenters. The fourth-order valence-corrected chi connectivity index (χ4v) is 1.56. The summed E-state index contributed by atoms with van der Waals surface area (Å²) in [6.07, 6.45) is 2.63. The second-order valence-electron chi connectivity index (χ2n) is 4.44. The van der Waals surface area contributed by atoms with Gasteiger partial charge in [0.1, 0.15) is 5.54 Å². The van der Waals surface area contributed by atoms with Crippen molar-refractivity contribution in [3.05, 3.63) is 0 Å². The van der Waals surface area contributed by atoms with Gasteiger partial charge in [-0.15, -0.1) is 0 Å². The molecule has 15 heavy (non-hydrogen) atoms. The molecule has 0 aromatic heterocycles. The van der Waals surface area contributed by atoms with E-state index in [9.17, 15) is 0 Å². The standard InChI is InChI=1S/C11H20N2O2/c1-11(13,9-12)4-2-5-14-7-10-3-6-15-8-10/h10H,2-8,13H2,1H3. The van der Waals surface area contributed by atoms with Gasteiger partial charge in [-0.2, -0.15) is 5.26 Å². The van der Waals surface area contributed by atoms with Crippen LogP contribution >= 0.6 is 0 Å². The Hall–Kier alpha value is -0.630. The molecule has 0 aliphatic carbocycles. The lowest BCUT2D eigenvalue weighted by atomic mass is 10.00. The molecule has 0 amide bonds. The van der Waals surface area contributed by atoms with E-state index in [1.807, 2.05) is 0 Å². The van der Waals surface area contributed by atoms with Crippen molar-refractivity contribution in [2.24, 2.45) is 11.7 Å². The van der Waals surface area contributed by atoms with Crippen LogP contribution in [0, 0.1) is 17.2 Å². The van der Waals surface area contributed by atoms with Crippen molar-refractivity contribution in [1.82, 2.24) is 0 Å². The van der Waals surface area contributed by atoms with Crippen LogP contribution in [0.3, 0.4) is 0 Å². The molecule has 0 bridgehead atoms. The van der Waals surface area contributed by atoms with Gasteiger partial charge in [0.2, 0.25) is 0 Å². The van der Waals surface area contributed by atoms with Gasteiger partial charge in [0.15, 0.2) is 0 Å². The summed E-state index contributed by atoms with van der Waals surface area (Å²) in [5, 5.41) is 8.69. The topological polar surface area (TPSA) is 68.3 Å². The highest BCUT2D eigenvalue weighted by atomic mass is 16.5. The number of nitriles is 1. The zero-order valence-electron chi connectivity index (χ0n) is 9.37. The van der Waals surface area contributed by atoms with Crippen LogP contribution < -0.4 is 5.73 Å².